The Balaban J connectivity index is 1.59. The number of allylic oxidation sites excluding steroid dienone is 3. The highest BCUT2D eigenvalue weighted by atomic mass is 79.9. The van der Waals surface area contributed by atoms with Crippen LogP contribution >= 0.6 is 15.9 Å². The zero-order chi connectivity index (χ0) is 29.3. The zero-order valence-corrected chi connectivity index (χ0v) is 25.7. The fraction of sp³-hybridized carbons (Fsp3) is 0.438. The van der Waals surface area contributed by atoms with Gasteiger partial charge in [0.2, 0.25) is 0 Å². The number of ether oxygens (including phenoxy) is 5. The van der Waals surface area contributed by atoms with Crippen molar-refractivity contribution in [2.24, 2.45) is 0 Å². The SMILES string of the molecule is COc1ccc([C@H]2CC(=O)C3=C(C2)NC(C)=C(C(=O)OC2CCCC2)[C@@H]3c2cc(Br)c(OC)c(OC)c2)cc1OC. The van der Waals surface area contributed by atoms with E-state index in [9.17, 15) is 9.59 Å². The molecule has 0 saturated heterocycles. The first-order valence-electron chi connectivity index (χ1n) is 13.9. The van der Waals surface area contributed by atoms with E-state index in [2.05, 4.69) is 21.2 Å². The van der Waals surface area contributed by atoms with E-state index < -0.39 is 5.92 Å². The molecule has 8 nitrogen and oxygen atoms in total. The Labute approximate surface area is 249 Å². The van der Waals surface area contributed by atoms with E-state index in [0.29, 0.717) is 57.2 Å². The predicted octanol–water partition coefficient (Wildman–Crippen LogP) is 6.33. The third-order valence-corrected chi connectivity index (χ3v) is 8.88. The van der Waals surface area contributed by atoms with Gasteiger partial charge in [0.05, 0.1) is 38.5 Å². The van der Waals surface area contributed by atoms with Gasteiger partial charge in [-0.2, -0.15) is 0 Å². The average Bonchev–Trinajstić information content (AvgIpc) is 3.48. The summed E-state index contributed by atoms with van der Waals surface area (Å²) in [6.07, 6.45) is 4.61. The topological polar surface area (TPSA) is 92.3 Å². The predicted molar refractivity (Wildman–Crippen MR) is 158 cm³/mol. The first-order chi connectivity index (χ1) is 19.8. The number of Topliss-reactive ketones (excluding diaryl/α,β-unsaturated/α-hetero) is 1. The molecule has 0 radical (unpaired) electrons. The van der Waals surface area contributed by atoms with Crippen LogP contribution in [0, 0.1) is 0 Å². The summed E-state index contributed by atoms with van der Waals surface area (Å²) in [7, 11) is 6.34. The molecular formula is C32H36BrNO7. The molecule has 2 atom stereocenters. The van der Waals surface area contributed by atoms with Gasteiger partial charge in [0.15, 0.2) is 28.8 Å². The average molecular weight is 627 g/mol. The number of carbonyl (C=O) groups excluding carboxylic acids is 2. The number of halogens is 1. The smallest absolute Gasteiger partial charge is 0.337 e. The molecule has 0 unspecified atom stereocenters. The van der Waals surface area contributed by atoms with E-state index in [1.807, 2.05) is 37.3 Å². The molecule has 2 aromatic rings. The molecule has 1 saturated carbocycles. The Morgan fingerprint density at radius 1 is 0.878 bits per heavy atom. The molecular weight excluding hydrogens is 590 g/mol. The lowest BCUT2D eigenvalue weighted by Gasteiger charge is -2.37. The third kappa shape index (κ3) is 5.56. The summed E-state index contributed by atoms with van der Waals surface area (Å²) in [4.78, 5) is 27.8. The maximum Gasteiger partial charge on any atom is 0.337 e. The molecule has 218 valence electrons. The van der Waals surface area contributed by atoms with Gasteiger partial charge < -0.3 is 29.0 Å². The maximum atomic E-state index is 14.1. The van der Waals surface area contributed by atoms with Crippen molar-refractivity contribution in [3.63, 3.8) is 0 Å². The van der Waals surface area contributed by atoms with E-state index in [1.54, 1.807) is 28.4 Å². The molecule has 3 aliphatic rings. The number of carbonyl (C=O) groups is 2. The standard InChI is InChI=1S/C32H36BrNO7/c1-17-28(32(36)41-21-8-6-7-9-21)29(20-12-22(33)31(40-5)27(16-20)39-4)30-23(34-17)13-19(14-24(30)35)18-10-11-25(37-2)26(15-18)38-3/h10-12,15-16,19,21,29,34H,6-9,13-14H2,1-5H3/t19-,29+/m1/s1. The highest BCUT2D eigenvalue weighted by Crippen LogP contribution is 2.49. The lowest BCUT2D eigenvalue weighted by Crippen LogP contribution is -2.36. The molecule has 0 amide bonds. The van der Waals surface area contributed by atoms with Crippen molar-refractivity contribution in [3.8, 4) is 23.0 Å². The van der Waals surface area contributed by atoms with Crippen molar-refractivity contribution in [2.75, 3.05) is 28.4 Å². The highest BCUT2D eigenvalue weighted by molar-refractivity contribution is 9.10. The number of rotatable bonds is 8. The molecule has 1 N–H and O–H groups in total. The Kier molecular flexibility index (Phi) is 8.63. The van der Waals surface area contributed by atoms with Gasteiger partial charge in [-0.25, -0.2) is 4.79 Å². The second-order valence-electron chi connectivity index (χ2n) is 10.7. The number of benzene rings is 2. The number of hydrogen-bond donors (Lipinski definition) is 1. The lowest BCUT2D eigenvalue weighted by atomic mass is 9.71. The van der Waals surface area contributed by atoms with Crippen LogP contribution in [0.5, 0.6) is 23.0 Å². The highest BCUT2D eigenvalue weighted by Gasteiger charge is 2.42. The van der Waals surface area contributed by atoms with Gasteiger partial charge in [-0.05, 0) is 96.3 Å². The maximum absolute atomic E-state index is 14.1. The van der Waals surface area contributed by atoms with Gasteiger partial charge in [0.25, 0.3) is 0 Å². The number of esters is 1. The molecule has 0 spiro atoms. The summed E-state index contributed by atoms with van der Waals surface area (Å²) in [6.45, 7) is 1.88. The second kappa shape index (κ2) is 12.2. The molecule has 41 heavy (non-hydrogen) atoms. The summed E-state index contributed by atoms with van der Waals surface area (Å²) in [5.41, 5.74) is 4.27. The van der Waals surface area contributed by atoms with Gasteiger partial charge >= 0.3 is 5.97 Å². The van der Waals surface area contributed by atoms with E-state index in [0.717, 1.165) is 42.5 Å². The minimum Gasteiger partial charge on any atom is -0.493 e. The normalized spacial score (nSPS) is 20.9. The molecule has 0 bridgehead atoms. The van der Waals surface area contributed by atoms with E-state index in [1.165, 1.54) is 0 Å². The Hall–Kier alpha value is -3.46. The van der Waals surface area contributed by atoms with Crippen LogP contribution < -0.4 is 24.3 Å². The molecule has 1 aliphatic heterocycles. The van der Waals surface area contributed by atoms with Crippen molar-refractivity contribution >= 4 is 27.7 Å². The third-order valence-electron chi connectivity index (χ3n) is 8.29. The largest absolute Gasteiger partial charge is 0.493 e. The van der Waals surface area contributed by atoms with Gasteiger partial charge in [-0.1, -0.05) is 6.07 Å². The van der Waals surface area contributed by atoms with Crippen LogP contribution in [0.15, 0.2) is 57.3 Å². The van der Waals surface area contributed by atoms with Crippen LogP contribution in [0.3, 0.4) is 0 Å². The van der Waals surface area contributed by atoms with Crippen LogP contribution in [0.2, 0.25) is 0 Å². The fourth-order valence-electron chi connectivity index (χ4n) is 6.31. The van der Waals surface area contributed by atoms with Gasteiger partial charge in [-0.3, -0.25) is 4.79 Å². The quantitative estimate of drug-likeness (QED) is 0.340. The summed E-state index contributed by atoms with van der Waals surface area (Å²) in [5, 5.41) is 3.43. The van der Waals surface area contributed by atoms with Crippen LogP contribution in [0.25, 0.3) is 0 Å². The molecule has 9 heteroatoms. The lowest BCUT2D eigenvalue weighted by molar-refractivity contribution is -0.144. The minimum atomic E-state index is -0.616. The molecule has 1 heterocycles. The molecule has 2 aliphatic carbocycles. The van der Waals surface area contributed by atoms with Gasteiger partial charge in [-0.15, -0.1) is 0 Å². The Morgan fingerprint density at radius 2 is 1.56 bits per heavy atom. The first kappa shape index (κ1) is 29.0. The van der Waals surface area contributed by atoms with E-state index in [4.69, 9.17) is 23.7 Å². The monoisotopic (exact) mass is 625 g/mol. The number of hydrogen-bond acceptors (Lipinski definition) is 8. The number of dihydropyridines is 1. The number of ketones is 1. The van der Waals surface area contributed by atoms with Crippen LogP contribution in [-0.2, 0) is 14.3 Å². The van der Waals surface area contributed by atoms with Crippen molar-refractivity contribution in [3.05, 3.63) is 68.5 Å². The summed E-state index contributed by atoms with van der Waals surface area (Å²) in [5.74, 6) is 1.21. The number of nitrogens with one attached hydrogen (secondary N) is 1. The van der Waals surface area contributed by atoms with E-state index in [-0.39, 0.29) is 23.8 Å². The fourth-order valence-corrected chi connectivity index (χ4v) is 6.93. The Bertz CT molecular complexity index is 1420. The molecule has 5 rings (SSSR count). The summed E-state index contributed by atoms with van der Waals surface area (Å²) >= 11 is 3.60. The van der Waals surface area contributed by atoms with Crippen molar-refractivity contribution in [1.82, 2.24) is 5.32 Å². The van der Waals surface area contributed by atoms with Crippen molar-refractivity contribution in [1.29, 1.82) is 0 Å². The molecule has 0 aromatic heterocycles. The van der Waals surface area contributed by atoms with Crippen LogP contribution in [0.4, 0.5) is 0 Å². The van der Waals surface area contributed by atoms with Crippen molar-refractivity contribution in [2.45, 2.75) is 63.4 Å². The van der Waals surface area contributed by atoms with Crippen molar-refractivity contribution < 1.29 is 33.3 Å². The molecule has 1 fully saturated rings. The second-order valence-corrected chi connectivity index (χ2v) is 11.5. The van der Waals surface area contributed by atoms with Crippen LogP contribution in [0.1, 0.15) is 68.4 Å². The van der Waals surface area contributed by atoms with E-state index >= 15 is 0 Å². The first-order valence-corrected chi connectivity index (χ1v) is 14.7. The van der Waals surface area contributed by atoms with Gasteiger partial charge in [0.1, 0.15) is 6.10 Å². The zero-order valence-electron chi connectivity index (χ0n) is 24.1. The van der Waals surface area contributed by atoms with Gasteiger partial charge in [0, 0.05) is 29.3 Å². The molecule has 2 aromatic carbocycles. The summed E-state index contributed by atoms with van der Waals surface area (Å²) in [6, 6.07) is 9.51. The Morgan fingerprint density at radius 3 is 2.22 bits per heavy atom. The van der Waals surface area contributed by atoms with Crippen LogP contribution in [-0.4, -0.2) is 46.3 Å². The minimum absolute atomic E-state index is 0.0203. The number of methoxy groups -OCH3 is 4. The summed E-state index contributed by atoms with van der Waals surface area (Å²) < 4.78 is 28.7.